The second-order valence-corrected chi connectivity index (χ2v) is 7.39. The lowest BCUT2D eigenvalue weighted by atomic mass is 9.49. The van der Waals surface area contributed by atoms with Crippen molar-refractivity contribution in [2.75, 3.05) is 5.32 Å². The maximum absolute atomic E-state index is 12.3. The van der Waals surface area contributed by atoms with E-state index in [0.717, 1.165) is 23.6 Å². The molecular formula is C15H22N4O. The van der Waals surface area contributed by atoms with E-state index in [0.29, 0.717) is 12.4 Å². The number of hydrogen-bond acceptors (Lipinski definition) is 3. The molecule has 4 bridgehead atoms. The van der Waals surface area contributed by atoms with Gasteiger partial charge in [0.2, 0.25) is 11.9 Å². The molecule has 5 nitrogen and oxygen atoms in total. The van der Waals surface area contributed by atoms with E-state index in [-0.39, 0.29) is 11.3 Å². The number of rotatable bonds is 3. The summed E-state index contributed by atoms with van der Waals surface area (Å²) in [5, 5.41) is 9.58. The standard InChI is InChI=1S/C15H22N4O/c1-9-16-14(19-18-9)17-13(20)8-15-5-10-2-11(6-15)4-12(3-10)7-15/h10-12H,2-8H2,1H3,(H2,16,17,18,19,20). The van der Waals surface area contributed by atoms with Gasteiger partial charge >= 0.3 is 0 Å². The van der Waals surface area contributed by atoms with E-state index in [1.165, 1.54) is 38.5 Å². The topological polar surface area (TPSA) is 70.7 Å². The van der Waals surface area contributed by atoms with Crippen LogP contribution in [0.1, 0.15) is 50.8 Å². The van der Waals surface area contributed by atoms with Gasteiger partial charge in [-0.1, -0.05) is 0 Å². The summed E-state index contributed by atoms with van der Waals surface area (Å²) in [5.41, 5.74) is 0.282. The van der Waals surface area contributed by atoms with Crippen LogP contribution in [0.15, 0.2) is 0 Å². The second kappa shape index (κ2) is 4.30. The molecule has 0 aliphatic heterocycles. The molecule has 4 aliphatic carbocycles. The van der Waals surface area contributed by atoms with E-state index in [4.69, 9.17) is 0 Å². The lowest BCUT2D eigenvalue weighted by Crippen LogP contribution is -2.47. The Kier molecular flexibility index (Phi) is 2.66. The molecule has 1 aromatic heterocycles. The van der Waals surface area contributed by atoms with Crippen molar-refractivity contribution in [3.05, 3.63) is 5.82 Å². The predicted molar refractivity (Wildman–Crippen MR) is 75.0 cm³/mol. The highest BCUT2D eigenvalue weighted by Gasteiger charge is 2.51. The highest BCUT2D eigenvalue weighted by molar-refractivity contribution is 5.89. The van der Waals surface area contributed by atoms with Gasteiger partial charge in [-0.15, -0.1) is 5.10 Å². The number of carbonyl (C=O) groups excluding carboxylic acids is 1. The third-order valence-electron chi connectivity index (χ3n) is 5.55. The molecule has 5 heteroatoms. The van der Waals surface area contributed by atoms with Gasteiger partial charge in [0.15, 0.2) is 0 Å². The van der Waals surface area contributed by atoms with Crippen LogP contribution >= 0.6 is 0 Å². The molecule has 0 atom stereocenters. The van der Waals surface area contributed by atoms with Crippen molar-refractivity contribution in [2.45, 2.75) is 51.9 Å². The third kappa shape index (κ3) is 2.13. The van der Waals surface area contributed by atoms with Crippen LogP contribution in [-0.2, 0) is 4.79 Å². The SMILES string of the molecule is Cc1nc(NC(=O)CC23CC4CC(CC(C4)C2)C3)n[nH]1. The second-order valence-electron chi connectivity index (χ2n) is 7.39. The smallest absolute Gasteiger partial charge is 0.248 e. The van der Waals surface area contributed by atoms with Gasteiger partial charge in [-0.05, 0) is 68.6 Å². The number of anilines is 1. The Morgan fingerprint density at radius 2 is 1.85 bits per heavy atom. The third-order valence-corrected chi connectivity index (χ3v) is 5.55. The average molecular weight is 274 g/mol. The molecule has 20 heavy (non-hydrogen) atoms. The summed E-state index contributed by atoms with van der Waals surface area (Å²) in [7, 11) is 0. The molecule has 4 saturated carbocycles. The van der Waals surface area contributed by atoms with Gasteiger partial charge < -0.3 is 0 Å². The van der Waals surface area contributed by atoms with Crippen LogP contribution in [0.5, 0.6) is 0 Å². The minimum absolute atomic E-state index is 0.0888. The van der Waals surface area contributed by atoms with E-state index in [1.807, 2.05) is 6.92 Å². The summed E-state index contributed by atoms with van der Waals surface area (Å²) in [6, 6.07) is 0. The number of nitrogens with one attached hydrogen (secondary N) is 2. The number of carbonyl (C=O) groups is 1. The Hall–Kier alpha value is -1.39. The molecule has 4 aliphatic rings. The minimum atomic E-state index is 0.0888. The predicted octanol–water partition coefficient (Wildman–Crippen LogP) is 2.66. The van der Waals surface area contributed by atoms with Gasteiger partial charge in [0.05, 0.1) is 0 Å². The first-order chi connectivity index (χ1) is 9.60. The summed E-state index contributed by atoms with van der Waals surface area (Å²) in [6.45, 7) is 1.84. The normalized spacial score (nSPS) is 38.1. The highest BCUT2D eigenvalue weighted by atomic mass is 16.1. The summed E-state index contributed by atoms with van der Waals surface area (Å²) in [6.07, 6.45) is 8.70. The van der Waals surface area contributed by atoms with Gasteiger partial charge in [0.1, 0.15) is 5.82 Å². The lowest BCUT2D eigenvalue weighted by Gasteiger charge is -2.56. The Balaban J connectivity index is 1.44. The van der Waals surface area contributed by atoms with E-state index in [1.54, 1.807) is 0 Å². The number of nitrogens with zero attached hydrogens (tertiary/aromatic N) is 2. The van der Waals surface area contributed by atoms with E-state index >= 15 is 0 Å². The van der Waals surface area contributed by atoms with Crippen LogP contribution in [0, 0.1) is 30.1 Å². The van der Waals surface area contributed by atoms with Crippen molar-refractivity contribution in [1.29, 1.82) is 0 Å². The van der Waals surface area contributed by atoms with E-state index < -0.39 is 0 Å². The zero-order valence-corrected chi connectivity index (χ0v) is 12.0. The Morgan fingerprint density at radius 1 is 1.25 bits per heavy atom. The zero-order chi connectivity index (χ0) is 13.7. The summed E-state index contributed by atoms with van der Waals surface area (Å²) in [4.78, 5) is 16.4. The largest absolute Gasteiger partial charge is 0.293 e. The molecule has 0 aromatic carbocycles. The van der Waals surface area contributed by atoms with Gasteiger partial charge in [0, 0.05) is 6.42 Å². The maximum atomic E-state index is 12.3. The minimum Gasteiger partial charge on any atom is -0.293 e. The van der Waals surface area contributed by atoms with Gasteiger partial charge in [-0.25, -0.2) is 0 Å². The molecular weight excluding hydrogens is 252 g/mol. The van der Waals surface area contributed by atoms with Crippen molar-refractivity contribution in [1.82, 2.24) is 15.2 Å². The Labute approximate surface area is 118 Å². The number of hydrogen-bond donors (Lipinski definition) is 2. The first-order valence-electron chi connectivity index (χ1n) is 7.79. The molecule has 0 spiro atoms. The van der Waals surface area contributed by atoms with Gasteiger partial charge in [-0.3, -0.25) is 15.2 Å². The van der Waals surface area contributed by atoms with Gasteiger partial charge in [-0.2, -0.15) is 4.98 Å². The highest BCUT2D eigenvalue weighted by Crippen LogP contribution is 2.61. The monoisotopic (exact) mass is 274 g/mol. The number of H-pyrrole nitrogens is 1. The Bertz CT molecular complexity index is 500. The average Bonchev–Trinajstić information content (AvgIpc) is 2.71. The summed E-state index contributed by atoms with van der Waals surface area (Å²) < 4.78 is 0. The molecule has 2 N–H and O–H groups in total. The molecule has 4 fully saturated rings. The molecule has 0 radical (unpaired) electrons. The molecule has 1 heterocycles. The van der Waals surface area contributed by atoms with E-state index in [2.05, 4.69) is 20.5 Å². The first kappa shape index (κ1) is 12.4. The van der Waals surface area contributed by atoms with Gasteiger partial charge in [0.25, 0.3) is 0 Å². The van der Waals surface area contributed by atoms with Crippen molar-refractivity contribution in [3.8, 4) is 0 Å². The fraction of sp³-hybridized carbons (Fsp3) is 0.800. The molecule has 1 aromatic rings. The van der Waals surface area contributed by atoms with Crippen molar-refractivity contribution in [3.63, 3.8) is 0 Å². The molecule has 108 valence electrons. The van der Waals surface area contributed by atoms with E-state index in [9.17, 15) is 4.79 Å². The number of aromatic nitrogens is 3. The fourth-order valence-electron chi connectivity index (χ4n) is 5.41. The lowest BCUT2D eigenvalue weighted by molar-refractivity contribution is -0.124. The molecule has 5 rings (SSSR count). The summed E-state index contributed by atoms with van der Waals surface area (Å²) >= 11 is 0. The van der Waals surface area contributed by atoms with Crippen LogP contribution in [0.4, 0.5) is 5.95 Å². The van der Waals surface area contributed by atoms with Crippen molar-refractivity contribution < 1.29 is 4.79 Å². The van der Waals surface area contributed by atoms with Crippen LogP contribution < -0.4 is 5.32 Å². The summed E-state index contributed by atoms with van der Waals surface area (Å²) in [5.74, 6) is 3.90. The number of amides is 1. The Morgan fingerprint density at radius 3 is 2.35 bits per heavy atom. The quantitative estimate of drug-likeness (QED) is 0.890. The van der Waals surface area contributed by atoms with Crippen LogP contribution in [0.2, 0.25) is 0 Å². The zero-order valence-electron chi connectivity index (χ0n) is 12.0. The van der Waals surface area contributed by atoms with Crippen molar-refractivity contribution >= 4 is 11.9 Å². The van der Waals surface area contributed by atoms with Crippen molar-refractivity contribution in [2.24, 2.45) is 23.2 Å². The number of aryl methyl sites for hydroxylation is 1. The molecule has 0 unspecified atom stereocenters. The maximum Gasteiger partial charge on any atom is 0.248 e. The number of aromatic amines is 1. The first-order valence-corrected chi connectivity index (χ1v) is 7.79. The van der Waals surface area contributed by atoms with Crippen LogP contribution in [0.25, 0.3) is 0 Å². The fourth-order valence-corrected chi connectivity index (χ4v) is 5.41. The van der Waals surface area contributed by atoms with Crippen LogP contribution in [0.3, 0.4) is 0 Å². The van der Waals surface area contributed by atoms with Crippen LogP contribution in [-0.4, -0.2) is 21.1 Å². The molecule has 1 amide bonds. The molecule has 0 saturated heterocycles.